The molecule has 1 rings (SSSR count). The molecule has 0 bridgehead atoms. The van der Waals surface area contributed by atoms with Crippen LogP contribution in [0.25, 0.3) is 0 Å². The number of aliphatic hydroxyl groups is 1. The first-order chi connectivity index (χ1) is 17.7. The first-order valence-corrected chi connectivity index (χ1v) is 20.8. The summed E-state index contributed by atoms with van der Waals surface area (Å²) in [4.78, 5) is 0. The topological polar surface area (TPSA) is 47.9 Å². The molecule has 0 radical (unpaired) electrons. The fourth-order valence-electron chi connectivity index (χ4n) is 4.22. The number of allylic oxidation sites excluding steroid dienone is 1. The molecule has 226 valence electrons. The molecule has 0 aliphatic rings. The quantitative estimate of drug-likeness (QED) is 0.166. The molecule has 0 saturated carbocycles. The van der Waals surface area contributed by atoms with E-state index in [4.69, 9.17) is 13.6 Å². The van der Waals surface area contributed by atoms with E-state index in [1.807, 2.05) is 18.2 Å². The van der Waals surface area contributed by atoms with Crippen molar-refractivity contribution in [3.63, 3.8) is 0 Å². The molecular weight excluding hydrogens is 517 g/mol. The zero-order valence-electron chi connectivity index (χ0n) is 27.9. The maximum absolute atomic E-state index is 11.4. The molecule has 1 aromatic rings. The molecule has 0 aromatic heterocycles. The molecule has 0 spiro atoms. The molecule has 4 nitrogen and oxygen atoms in total. The monoisotopic (exact) mass is 578 g/mol. The van der Waals surface area contributed by atoms with Crippen LogP contribution >= 0.6 is 0 Å². The van der Waals surface area contributed by atoms with Crippen LogP contribution in [0.3, 0.4) is 0 Å². The van der Waals surface area contributed by atoms with Crippen molar-refractivity contribution in [3.05, 3.63) is 47.5 Å². The van der Waals surface area contributed by atoms with Crippen LogP contribution in [0.2, 0.25) is 36.3 Å². The molecule has 6 heteroatoms. The van der Waals surface area contributed by atoms with Crippen LogP contribution in [-0.4, -0.2) is 47.2 Å². The molecule has 0 aliphatic heterocycles. The third-order valence-electron chi connectivity index (χ3n) is 9.05. The van der Waals surface area contributed by atoms with Gasteiger partial charge in [-0.3, -0.25) is 0 Å². The van der Waals surface area contributed by atoms with Gasteiger partial charge in [-0.2, -0.15) is 0 Å². The first kappa shape index (κ1) is 36.3. The molecule has 1 aromatic carbocycles. The van der Waals surface area contributed by atoms with E-state index in [0.717, 1.165) is 24.2 Å². The van der Waals surface area contributed by atoms with Crippen LogP contribution in [-0.2, 0) is 20.2 Å². The average molecular weight is 579 g/mol. The number of ether oxygens (including phenoxy) is 1. The summed E-state index contributed by atoms with van der Waals surface area (Å²) in [6, 6.07) is 10.2. The van der Waals surface area contributed by atoms with Crippen LogP contribution in [0.5, 0.6) is 0 Å². The Morgan fingerprint density at radius 2 is 1.41 bits per heavy atom. The SMILES string of the molecule is C/C(=C\[C@H](C)C[C@H](C)CO[Si](C)(C)C(C)(C)C)[C@@H](O)[C@@H](C)[C@@H](COCc1ccccc1)O[Si](C)(C)C(C)(C)C. The molecule has 1 N–H and O–H groups in total. The predicted octanol–water partition coefficient (Wildman–Crippen LogP) is 9.22. The van der Waals surface area contributed by atoms with Crippen LogP contribution < -0.4 is 0 Å². The van der Waals surface area contributed by atoms with Gasteiger partial charge >= 0.3 is 0 Å². The lowest BCUT2D eigenvalue weighted by atomic mass is 9.89. The maximum atomic E-state index is 11.4. The highest BCUT2D eigenvalue weighted by Gasteiger charge is 2.41. The average Bonchev–Trinajstić information content (AvgIpc) is 2.80. The Morgan fingerprint density at radius 3 is 1.92 bits per heavy atom. The highest BCUT2D eigenvalue weighted by atomic mass is 28.4. The minimum Gasteiger partial charge on any atom is -0.417 e. The lowest BCUT2D eigenvalue weighted by molar-refractivity contribution is -0.0202. The predicted molar refractivity (Wildman–Crippen MR) is 173 cm³/mol. The second-order valence-electron chi connectivity index (χ2n) is 15.0. The molecule has 0 heterocycles. The fraction of sp³-hybridized carbons (Fsp3) is 0.758. The fourth-order valence-corrected chi connectivity index (χ4v) is 6.75. The summed E-state index contributed by atoms with van der Waals surface area (Å²) in [5, 5.41) is 11.8. The van der Waals surface area contributed by atoms with Gasteiger partial charge in [-0.15, -0.1) is 0 Å². The molecule has 0 fully saturated rings. The maximum Gasteiger partial charge on any atom is 0.192 e. The summed E-state index contributed by atoms with van der Waals surface area (Å²) in [7, 11) is -3.79. The second-order valence-corrected chi connectivity index (χ2v) is 24.6. The van der Waals surface area contributed by atoms with Gasteiger partial charge in [0.05, 0.1) is 25.4 Å². The van der Waals surface area contributed by atoms with E-state index in [2.05, 4.69) is 114 Å². The minimum absolute atomic E-state index is 0.0807. The van der Waals surface area contributed by atoms with Crippen molar-refractivity contribution in [2.24, 2.45) is 17.8 Å². The Morgan fingerprint density at radius 1 is 0.872 bits per heavy atom. The molecule has 0 amide bonds. The van der Waals surface area contributed by atoms with E-state index in [-0.39, 0.29) is 22.1 Å². The summed E-state index contributed by atoms with van der Waals surface area (Å²) >= 11 is 0. The van der Waals surface area contributed by atoms with Crippen LogP contribution in [0, 0.1) is 17.8 Å². The van der Waals surface area contributed by atoms with Crippen LogP contribution in [0.4, 0.5) is 0 Å². The standard InChI is InChI=1S/C33H62O4Si2/c1-25(20-26(2)22-36-38(11,12)32(5,6)7)21-27(3)31(34)28(4)30(37-39(13,14)33(8,9)10)24-35-23-29-18-16-15-17-19-29/h15-19,21,25-26,28,30-31,34H,20,22-24H2,1-14H3/b27-21+/t25-,26+,28+,30-,31-/m1/s1. The van der Waals surface area contributed by atoms with Crippen molar-refractivity contribution >= 4 is 16.6 Å². The number of hydrogen-bond acceptors (Lipinski definition) is 4. The molecular formula is C33H62O4Si2. The van der Waals surface area contributed by atoms with E-state index in [1.165, 1.54) is 0 Å². The molecule has 5 atom stereocenters. The van der Waals surface area contributed by atoms with Crippen molar-refractivity contribution in [2.45, 2.75) is 131 Å². The van der Waals surface area contributed by atoms with E-state index in [1.54, 1.807) is 0 Å². The lowest BCUT2D eigenvalue weighted by Crippen LogP contribution is -2.48. The van der Waals surface area contributed by atoms with Gasteiger partial charge in [0.1, 0.15) is 0 Å². The third kappa shape index (κ3) is 11.9. The van der Waals surface area contributed by atoms with Crippen molar-refractivity contribution in [3.8, 4) is 0 Å². The molecule has 39 heavy (non-hydrogen) atoms. The van der Waals surface area contributed by atoms with Gasteiger partial charge in [0.2, 0.25) is 0 Å². The molecule has 0 unspecified atom stereocenters. The van der Waals surface area contributed by atoms with Gasteiger partial charge < -0.3 is 18.7 Å². The zero-order chi connectivity index (χ0) is 30.2. The van der Waals surface area contributed by atoms with Crippen molar-refractivity contribution in [2.75, 3.05) is 13.2 Å². The molecule has 0 saturated heterocycles. The lowest BCUT2D eigenvalue weighted by Gasteiger charge is -2.41. The summed E-state index contributed by atoms with van der Waals surface area (Å²) in [6.07, 6.45) is 2.52. The van der Waals surface area contributed by atoms with Crippen molar-refractivity contribution in [1.82, 2.24) is 0 Å². The molecule has 0 aliphatic carbocycles. The summed E-state index contributed by atoms with van der Waals surface area (Å²) < 4.78 is 19.5. The Balaban J connectivity index is 2.89. The summed E-state index contributed by atoms with van der Waals surface area (Å²) in [5.74, 6) is 0.741. The van der Waals surface area contributed by atoms with Gasteiger partial charge in [-0.1, -0.05) is 98.7 Å². The normalized spacial score (nSPS) is 18.0. The van der Waals surface area contributed by atoms with Crippen LogP contribution in [0.15, 0.2) is 42.0 Å². The first-order valence-electron chi connectivity index (χ1n) is 15.0. The smallest absolute Gasteiger partial charge is 0.192 e. The summed E-state index contributed by atoms with van der Waals surface area (Å²) in [5.41, 5.74) is 2.16. The van der Waals surface area contributed by atoms with E-state index < -0.39 is 22.7 Å². The third-order valence-corrected chi connectivity index (χ3v) is 18.1. The Kier molecular flexibility index (Phi) is 13.9. The van der Waals surface area contributed by atoms with Gasteiger partial charge in [0.15, 0.2) is 16.6 Å². The zero-order valence-corrected chi connectivity index (χ0v) is 29.9. The van der Waals surface area contributed by atoms with E-state index in [9.17, 15) is 5.11 Å². The van der Waals surface area contributed by atoms with Gasteiger partial charge in [0.25, 0.3) is 0 Å². The van der Waals surface area contributed by atoms with E-state index >= 15 is 0 Å². The van der Waals surface area contributed by atoms with Crippen molar-refractivity contribution in [1.29, 1.82) is 0 Å². The Hall–Kier alpha value is -0.766. The van der Waals surface area contributed by atoms with E-state index in [0.29, 0.717) is 25.0 Å². The number of rotatable bonds is 15. The largest absolute Gasteiger partial charge is 0.417 e. The van der Waals surface area contributed by atoms with Gasteiger partial charge in [0, 0.05) is 12.5 Å². The highest BCUT2D eigenvalue weighted by Crippen LogP contribution is 2.39. The number of aliphatic hydroxyl groups excluding tert-OH is 1. The van der Waals surface area contributed by atoms with Crippen LogP contribution in [0.1, 0.15) is 81.2 Å². The Labute approximate surface area is 244 Å². The number of benzene rings is 1. The second kappa shape index (κ2) is 14.9. The highest BCUT2D eigenvalue weighted by molar-refractivity contribution is 6.74. The van der Waals surface area contributed by atoms with Gasteiger partial charge in [-0.25, -0.2) is 0 Å². The minimum atomic E-state index is -2.05. The van der Waals surface area contributed by atoms with Crippen molar-refractivity contribution < 1.29 is 18.7 Å². The Bertz CT molecular complexity index is 868. The van der Waals surface area contributed by atoms with Gasteiger partial charge in [-0.05, 0) is 72.6 Å². The number of hydrogen-bond donors (Lipinski definition) is 1. The summed E-state index contributed by atoms with van der Waals surface area (Å²) in [6.45, 7) is 33.3.